The lowest BCUT2D eigenvalue weighted by molar-refractivity contribution is 0.370. The van der Waals surface area contributed by atoms with Crippen LogP contribution in [0.1, 0.15) is 31.1 Å². The van der Waals surface area contributed by atoms with Crippen LogP contribution in [0.25, 0.3) is 0 Å². The first kappa shape index (κ1) is 13.9. The molecule has 0 fully saturated rings. The van der Waals surface area contributed by atoms with Gasteiger partial charge in [0.15, 0.2) is 5.82 Å². The van der Waals surface area contributed by atoms with Crippen LogP contribution in [0.4, 0.5) is 5.69 Å². The number of hydrogen-bond acceptors (Lipinski definition) is 6. The van der Waals surface area contributed by atoms with E-state index in [0.717, 1.165) is 16.1 Å². The normalized spacial score (nSPS) is 11.8. The second kappa shape index (κ2) is 5.22. The van der Waals surface area contributed by atoms with Gasteiger partial charge in [-0.25, -0.2) is 0 Å². The molecule has 19 heavy (non-hydrogen) atoms. The maximum atomic E-state index is 5.91. The molecule has 2 aromatic rings. The second-order valence-electron chi connectivity index (χ2n) is 5.05. The second-order valence-corrected chi connectivity index (χ2v) is 6.06. The number of benzene rings is 1. The average molecular weight is 278 g/mol. The first-order valence-corrected chi connectivity index (χ1v) is 6.95. The van der Waals surface area contributed by atoms with Gasteiger partial charge in [-0.2, -0.15) is 4.98 Å². The summed E-state index contributed by atoms with van der Waals surface area (Å²) < 4.78 is 5.19. The lowest BCUT2D eigenvalue weighted by Crippen LogP contribution is -2.30. The van der Waals surface area contributed by atoms with E-state index < -0.39 is 5.54 Å². The Morgan fingerprint density at radius 3 is 2.68 bits per heavy atom. The predicted molar refractivity (Wildman–Crippen MR) is 76.7 cm³/mol. The van der Waals surface area contributed by atoms with E-state index in [-0.39, 0.29) is 0 Å². The summed E-state index contributed by atoms with van der Waals surface area (Å²) in [6.45, 7) is 5.72. The van der Waals surface area contributed by atoms with E-state index in [1.165, 1.54) is 0 Å². The molecule has 4 N–H and O–H groups in total. The fraction of sp³-hybridized carbons (Fsp3) is 0.385. The summed E-state index contributed by atoms with van der Waals surface area (Å²) in [5, 5.41) is 3.89. The van der Waals surface area contributed by atoms with Crippen LogP contribution < -0.4 is 11.5 Å². The van der Waals surface area contributed by atoms with Crippen LogP contribution in [0.15, 0.2) is 27.6 Å². The minimum absolute atomic E-state index is 0.525. The summed E-state index contributed by atoms with van der Waals surface area (Å²) in [5.41, 5.74) is 13.0. The van der Waals surface area contributed by atoms with Crippen molar-refractivity contribution < 1.29 is 4.52 Å². The van der Waals surface area contributed by atoms with E-state index in [4.69, 9.17) is 16.0 Å². The van der Waals surface area contributed by atoms with Crippen LogP contribution in [0.3, 0.4) is 0 Å². The van der Waals surface area contributed by atoms with Crippen molar-refractivity contribution in [2.75, 3.05) is 5.73 Å². The Labute approximate surface area is 116 Å². The molecule has 0 saturated carbocycles. The summed E-state index contributed by atoms with van der Waals surface area (Å²) in [7, 11) is 0. The number of nitrogen functional groups attached to an aromatic ring is 1. The molecule has 0 unspecified atom stereocenters. The maximum Gasteiger partial charge on any atom is 0.237 e. The van der Waals surface area contributed by atoms with Gasteiger partial charge in [-0.3, -0.25) is 0 Å². The van der Waals surface area contributed by atoms with Crippen LogP contribution in [0.5, 0.6) is 0 Å². The van der Waals surface area contributed by atoms with Crippen LogP contribution in [0, 0.1) is 6.92 Å². The third-order valence-electron chi connectivity index (χ3n) is 2.59. The number of aromatic nitrogens is 2. The van der Waals surface area contributed by atoms with E-state index >= 15 is 0 Å². The number of nitrogens with zero attached hydrogens (tertiary/aromatic N) is 2. The first-order valence-electron chi connectivity index (χ1n) is 5.97. The van der Waals surface area contributed by atoms with Crippen molar-refractivity contribution >= 4 is 17.4 Å². The molecule has 6 heteroatoms. The van der Waals surface area contributed by atoms with Gasteiger partial charge in [0.25, 0.3) is 0 Å². The predicted octanol–water partition coefficient (Wildman–Crippen LogP) is 2.45. The number of anilines is 1. The van der Waals surface area contributed by atoms with Crippen LogP contribution in [-0.2, 0) is 11.3 Å². The van der Waals surface area contributed by atoms with E-state index in [2.05, 4.69) is 10.1 Å². The quantitative estimate of drug-likeness (QED) is 0.659. The molecule has 1 aromatic heterocycles. The maximum absolute atomic E-state index is 5.91. The summed E-state index contributed by atoms with van der Waals surface area (Å²) in [4.78, 5) is 5.45. The highest BCUT2D eigenvalue weighted by molar-refractivity contribution is 7.98. The molecule has 0 bridgehead atoms. The molecule has 0 aliphatic rings. The molecule has 0 saturated heterocycles. The topological polar surface area (TPSA) is 91.0 Å². The van der Waals surface area contributed by atoms with Gasteiger partial charge in [0, 0.05) is 10.6 Å². The highest BCUT2D eigenvalue weighted by Crippen LogP contribution is 2.27. The Morgan fingerprint density at radius 1 is 1.37 bits per heavy atom. The summed E-state index contributed by atoms with van der Waals surface area (Å²) in [6, 6.07) is 5.83. The molecule has 0 spiro atoms. The molecular formula is C13H18N4OS. The Balaban J connectivity index is 2.04. The lowest BCUT2D eigenvalue weighted by Gasteiger charge is -2.11. The van der Waals surface area contributed by atoms with E-state index in [1.54, 1.807) is 11.8 Å². The largest absolute Gasteiger partial charge is 0.399 e. The minimum atomic E-state index is -0.580. The Hall–Kier alpha value is -1.53. The van der Waals surface area contributed by atoms with Crippen molar-refractivity contribution in [2.24, 2.45) is 5.73 Å². The number of thioether (sulfide) groups is 1. The Kier molecular flexibility index (Phi) is 3.82. The molecule has 0 radical (unpaired) electrons. The van der Waals surface area contributed by atoms with Crippen molar-refractivity contribution in [3.05, 3.63) is 35.5 Å². The third kappa shape index (κ3) is 3.48. The van der Waals surface area contributed by atoms with Crippen molar-refractivity contribution in [2.45, 2.75) is 37.0 Å². The van der Waals surface area contributed by atoms with E-state index in [0.29, 0.717) is 17.5 Å². The van der Waals surface area contributed by atoms with Crippen molar-refractivity contribution in [1.29, 1.82) is 0 Å². The molecule has 1 heterocycles. The molecule has 2 rings (SSSR count). The minimum Gasteiger partial charge on any atom is -0.399 e. The molecule has 0 atom stereocenters. The molecule has 0 amide bonds. The fourth-order valence-corrected chi connectivity index (χ4v) is 2.40. The van der Waals surface area contributed by atoms with Gasteiger partial charge in [0.05, 0.1) is 11.3 Å². The number of hydrogen-bond donors (Lipinski definition) is 2. The zero-order chi connectivity index (χ0) is 14.0. The number of aryl methyl sites for hydroxylation is 1. The van der Waals surface area contributed by atoms with Crippen LogP contribution in [-0.4, -0.2) is 10.1 Å². The van der Waals surface area contributed by atoms with Crippen molar-refractivity contribution in [3.8, 4) is 0 Å². The summed E-state index contributed by atoms with van der Waals surface area (Å²) >= 11 is 1.64. The Bertz CT molecular complexity index is 574. The molecule has 1 aromatic carbocycles. The lowest BCUT2D eigenvalue weighted by atomic mass is 10.1. The molecule has 5 nitrogen and oxygen atoms in total. The van der Waals surface area contributed by atoms with Gasteiger partial charge in [-0.05, 0) is 44.5 Å². The van der Waals surface area contributed by atoms with Gasteiger partial charge in [-0.1, -0.05) is 5.16 Å². The number of nitrogens with two attached hydrogens (primary N) is 2. The number of rotatable bonds is 4. The zero-order valence-electron chi connectivity index (χ0n) is 11.3. The fourth-order valence-electron chi connectivity index (χ4n) is 1.55. The summed E-state index contributed by atoms with van der Waals surface area (Å²) in [5.74, 6) is 1.72. The SMILES string of the molecule is Cc1cc(N)ccc1SCc1nc(C(C)(C)N)no1. The molecular weight excluding hydrogens is 260 g/mol. The van der Waals surface area contributed by atoms with E-state index in [9.17, 15) is 0 Å². The average Bonchev–Trinajstić information content (AvgIpc) is 2.76. The highest BCUT2D eigenvalue weighted by atomic mass is 32.2. The van der Waals surface area contributed by atoms with Crippen molar-refractivity contribution in [3.63, 3.8) is 0 Å². The smallest absolute Gasteiger partial charge is 0.237 e. The monoisotopic (exact) mass is 278 g/mol. The first-order chi connectivity index (χ1) is 8.86. The van der Waals surface area contributed by atoms with Gasteiger partial charge in [0.1, 0.15) is 0 Å². The highest BCUT2D eigenvalue weighted by Gasteiger charge is 2.21. The van der Waals surface area contributed by atoms with Gasteiger partial charge < -0.3 is 16.0 Å². The van der Waals surface area contributed by atoms with Crippen molar-refractivity contribution in [1.82, 2.24) is 10.1 Å². The van der Waals surface area contributed by atoms with E-state index in [1.807, 2.05) is 39.0 Å². The Morgan fingerprint density at radius 2 is 2.11 bits per heavy atom. The molecule has 0 aliphatic carbocycles. The van der Waals surface area contributed by atoms with Gasteiger partial charge in [0.2, 0.25) is 5.89 Å². The molecule has 0 aliphatic heterocycles. The zero-order valence-corrected chi connectivity index (χ0v) is 12.1. The van der Waals surface area contributed by atoms with Crippen LogP contribution in [0.2, 0.25) is 0 Å². The third-order valence-corrected chi connectivity index (χ3v) is 3.75. The van der Waals surface area contributed by atoms with Crippen LogP contribution >= 0.6 is 11.8 Å². The molecule has 102 valence electrons. The van der Waals surface area contributed by atoms with Gasteiger partial charge in [-0.15, -0.1) is 11.8 Å². The summed E-state index contributed by atoms with van der Waals surface area (Å²) in [6.07, 6.45) is 0. The van der Waals surface area contributed by atoms with Gasteiger partial charge >= 0.3 is 0 Å². The standard InChI is InChI=1S/C13H18N4OS/c1-8-6-9(14)4-5-10(8)19-7-11-16-12(17-18-11)13(2,3)15/h4-6H,7,14-15H2,1-3H3.